The Kier molecular flexibility index (Phi) is 3.54. The fourth-order valence-electron chi connectivity index (χ4n) is 2.47. The summed E-state index contributed by atoms with van der Waals surface area (Å²) < 4.78 is 0. The Morgan fingerprint density at radius 1 is 1.29 bits per heavy atom. The van der Waals surface area contributed by atoms with Crippen LogP contribution in [0.3, 0.4) is 0 Å². The highest BCUT2D eigenvalue weighted by molar-refractivity contribution is 9.09. The van der Waals surface area contributed by atoms with Gasteiger partial charge in [-0.05, 0) is 56.5 Å². The van der Waals surface area contributed by atoms with E-state index in [1.807, 2.05) is 0 Å². The summed E-state index contributed by atoms with van der Waals surface area (Å²) >= 11 is 3.66. The molecule has 1 aliphatic heterocycles. The number of halogens is 1. The van der Waals surface area contributed by atoms with E-state index in [0.717, 1.165) is 5.92 Å². The summed E-state index contributed by atoms with van der Waals surface area (Å²) in [7, 11) is 0. The van der Waals surface area contributed by atoms with Crippen molar-refractivity contribution >= 4 is 15.9 Å². The van der Waals surface area contributed by atoms with Gasteiger partial charge in [-0.1, -0.05) is 22.9 Å². The first-order valence-corrected chi connectivity index (χ1v) is 7.15. The predicted molar refractivity (Wildman–Crippen MR) is 64.9 cm³/mol. The fraction of sp³-hybridized carbons (Fsp3) is 1.00. The molecule has 1 nitrogen and oxygen atoms in total. The summed E-state index contributed by atoms with van der Waals surface area (Å²) in [5, 5.41) is 1.21. The van der Waals surface area contributed by atoms with Gasteiger partial charge in [0.05, 0.1) is 0 Å². The van der Waals surface area contributed by atoms with Gasteiger partial charge >= 0.3 is 0 Å². The van der Waals surface area contributed by atoms with Crippen LogP contribution in [-0.2, 0) is 0 Å². The van der Waals surface area contributed by atoms with E-state index in [2.05, 4.69) is 27.8 Å². The highest BCUT2D eigenvalue weighted by Crippen LogP contribution is 2.47. The van der Waals surface area contributed by atoms with Gasteiger partial charge < -0.3 is 4.90 Å². The van der Waals surface area contributed by atoms with Crippen molar-refractivity contribution in [3.63, 3.8) is 0 Å². The maximum Gasteiger partial charge on any atom is 0.0100 e. The quantitative estimate of drug-likeness (QED) is 0.704. The molecule has 1 atom stereocenters. The lowest BCUT2D eigenvalue weighted by Crippen LogP contribution is -2.32. The molecule has 1 aliphatic carbocycles. The van der Waals surface area contributed by atoms with Crippen molar-refractivity contribution in [2.75, 3.05) is 25.0 Å². The minimum absolute atomic E-state index is 0.674. The molecule has 82 valence electrons. The minimum Gasteiger partial charge on any atom is -0.303 e. The highest BCUT2D eigenvalue weighted by Gasteiger charge is 2.42. The van der Waals surface area contributed by atoms with Gasteiger partial charge in [-0.3, -0.25) is 0 Å². The molecule has 1 saturated heterocycles. The first-order valence-electron chi connectivity index (χ1n) is 6.02. The van der Waals surface area contributed by atoms with E-state index in [0.29, 0.717) is 5.41 Å². The van der Waals surface area contributed by atoms with E-state index in [1.54, 1.807) is 0 Å². The number of alkyl halides is 1. The second kappa shape index (κ2) is 4.52. The zero-order valence-corrected chi connectivity index (χ0v) is 10.9. The normalized spacial score (nSPS) is 32.6. The van der Waals surface area contributed by atoms with Crippen LogP contribution in [0.15, 0.2) is 0 Å². The lowest BCUT2D eigenvalue weighted by Gasteiger charge is -2.24. The van der Waals surface area contributed by atoms with E-state index in [1.165, 1.54) is 57.1 Å². The summed E-state index contributed by atoms with van der Waals surface area (Å²) in [6, 6.07) is 0. The Hall–Kier alpha value is 0.440. The van der Waals surface area contributed by atoms with Crippen LogP contribution in [0.2, 0.25) is 0 Å². The summed E-state index contributed by atoms with van der Waals surface area (Å²) in [6.07, 6.45) is 7.17. The van der Waals surface area contributed by atoms with Crippen LogP contribution in [0.1, 0.15) is 39.0 Å². The summed E-state index contributed by atoms with van der Waals surface area (Å²) in [4.78, 5) is 2.71. The van der Waals surface area contributed by atoms with Crippen molar-refractivity contribution in [1.29, 1.82) is 0 Å². The van der Waals surface area contributed by atoms with Crippen LogP contribution in [0.4, 0.5) is 0 Å². The number of nitrogens with zero attached hydrogens (tertiary/aromatic N) is 1. The largest absolute Gasteiger partial charge is 0.303 e. The SMILES string of the molecule is CC1CCCN(CC2(CBr)CC2)CC1. The zero-order valence-electron chi connectivity index (χ0n) is 9.27. The lowest BCUT2D eigenvalue weighted by molar-refractivity contribution is 0.237. The lowest BCUT2D eigenvalue weighted by atomic mass is 10.0. The van der Waals surface area contributed by atoms with E-state index >= 15 is 0 Å². The van der Waals surface area contributed by atoms with Crippen molar-refractivity contribution in [3.05, 3.63) is 0 Å². The molecule has 2 aliphatic rings. The van der Waals surface area contributed by atoms with E-state index in [4.69, 9.17) is 0 Å². The van der Waals surface area contributed by atoms with Crippen LogP contribution >= 0.6 is 15.9 Å². The molecule has 2 rings (SSSR count). The third-order valence-electron chi connectivity index (χ3n) is 3.91. The van der Waals surface area contributed by atoms with Crippen LogP contribution in [0, 0.1) is 11.3 Å². The standard InChI is InChI=1S/C12H22BrN/c1-11-3-2-7-14(8-4-11)10-12(9-13)5-6-12/h11H,2-10H2,1H3. The maximum atomic E-state index is 3.66. The van der Waals surface area contributed by atoms with Gasteiger partial charge in [-0.25, -0.2) is 0 Å². The smallest absolute Gasteiger partial charge is 0.0100 e. The molecule has 0 aromatic heterocycles. The number of hydrogen-bond acceptors (Lipinski definition) is 1. The average molecular weight is 260 g/mol. The first-order chi connectivity index (χ1) is 6.74. The summed E-state index contributed by atoms with van der Waals surface area (Å²) in [6.45, 7) is 6.45. The Balaban J connectivity index is 1.80. The van der Waals surface area contributed by atoms with Gasteiger partial charge in [0.25, 0.3) is 0 Å². The molecule has 0 N–H and O–H groups in total. The van der Waals surface area contributed by atoms with Crippen LogP contribution in [0.5, 0.6) is 0 Å². The molecule has 1 heterocycles. The minimum atomic E-state index is 0.674. The molecule has 0 amide bonds. The second-order valence-corrected chi connectivity index (χ2v) is 6.01. The van der Waals surface area contributed by atoms with Gasteiger partial charge in [0.15, 0.2) is 0 Å². The number of likely N-dealkylation sites (tertiary alicyclic amines) is 1. The van der Waals surface area contributed by atoms with Crippen molar-refractivity contribution in [3.8, 4) is 0 Å². The van der Waals surface area contributed by atoms with Crippen molar-refractivity contribution in [1.82, 2.24) is 4.90 Å². The van der Waals surface area contributed by atoms with Crippen molar-refractivity contribution in [2.45, 2.75) is 39.0 Å². The number of rotatable bonds is 3. The molecule has 0 spiro atoms. The van der Waals surface area contributed by atoms with E-state index < -0.39 is 0 Å². The van der Waals surface area contributed by atoms with E-state index in [-0.39, 0.29) is 0 Å². The molecule has 2 fully saturated rings. The molecule has 0 aromatic carbocycles. The molecule has 1 saturated carbocycles. The Morgan fingerprint density at radius 2 is 2.07 bits per heavy atom. The predicted octanol–water partition coefficient (Wildman–Crippen LogP) is 3.28. The van der Waals surface area contributed by atoms with Crippen LogP contribution in [0.25, 0.3) is 0 Å². The third kappa shape index (κ3) is 2.73. The van der Waals surface area contributed by atoms with E-state index in [9.17, 15) is 0 Å². The second-order valence-electron chi connectivity index (χ2n) is 5.45. The molecule has 2 heteroatoms. The highest BCUT2D eigenvalue weighted by atomic mass is 79.9. The van der Waals surface area contributed by atoms with Crippen LogP contribution < -0.4 is 0 Å². The monoisotopic (exact) mass is 259 g/mol. The zero-order chi connectivity index (χ0) is 10.0. The molecule has 0 aromatic rings. The topological polar surface area (TPSA) is 3.24 Å². The fourth-order valence-corrected chi connectivity index (χ4v) is 3.20. The van der Waals surface area contributed by atoms with Gasteiger partial charge in [-0.15, -0.1) is 0 Å². The van der Waals surface area contributed by atoms with Crippen molar-refractivity contribution < 1.29 is 0 Å². The molecular formula is C12H22BrN. The van der Waals surface area contributed by atoms with Crippen LogP contribution in [-0.4, -0.2) is 29.9 Å². The molecule has 0 radical (unpaired) electrons. The van der Waals surface area contributed by atoms with Gasteiger partial charge in [0.1, 0.15) is 0 Å². The molecule has 1 unspecified atom stereocenters. The maximum absolute atomic E-state index is 3.66. The summed E-state index contributed by atoms with van der Waals surface area (Å²) in [5.41, 5.74) is 0.674. The molecular weight excluding hydrogens is 238 g/mol. The van der Waals surface area contributed by atoms with Crippen molar-refractivity contribution in [2.24, 2.45) is 11.3 Å². The Bertz CT molecular complexity index is 189. The first kappa shape index (κ1) is 10.9. The Labute approximate surface area is 96.4 Å². The van der Waals surface area contributed by atoms with Gasteiger partial charge in [0, 0.05) is 11.9 Å². The Morgan fingerprint density at radius 3 is 2.71 bits per heavy atom. The molecule has 14 heavy (non-hydrogen) atoms. The third-order valence-corrected chi connectivity index (χ3v) is 5.10. The van der Waals surface area contributed by atoms with Gasteiger partial charge in [0.2, 0.25) is 0 Å². The van der Waals surface area contributed by atoms with Gasteiger partial charge in [-0.2, -0.15) is 0 Å². The average Bonchev–Trinajstić information content (AvgIpc) is 2.95. The number of hydrogen-bond donors (Lipinski definition) is 0. The summed E-state index contributed by atoms with van der Waals surface area (Å²) in [5.74, 6) is 0.958. The molecule has 0 bridgehead atoms.